The summed E-state index contributed by atoms with van der Waals surface area (Å²) in [7, 11) is 1.64. The molecular formula is C13H10F2N2O2. The second-order valence-corrected chi connectivity index (χ2v) is 4.02. The van der Waals surface area contributed by atoms with E-state index in [-0.39, 0.29) is 11.3 Å². The van der Waals surface area contributed by atoms with Gasteiger partial charge in [0.25, 0.3) is 0 Å². The SMILES string of the molecule is Cn1ccc(C(=O)CC(=O)c2ccc(F)cc2F)n1. The Morgan fingerprint density at radius 1 is 1.21 bits per heavy atom. The average Bonchev–Trinajstić information content (AvgIpc) is 2.75. The molecule has 0 spiro atoms. The highest BCUT2D eigenvalue weighted by Crippen LogP contribution is 2.13. The zero-order valence-corrected chi connectivity index (χ0v) is 10.1. The molecule has 1 aromatic heterocycles. The Morgan fingerprint density at radius 2 is 1.95 bits per heavy atom. The number of nitrogens with zero attached hydrogens (tertiary/aromatic N) is 2. The van der Waals surface area contributed by atoms with E-state index >= 15 is 0 Å². The summed E-state index contributed by atoms with van der Waals surface area (Å²) in [6.45, 7) is 0. The van der Waals surface area contributed by atoms with Crippen molar-refractivity contribution in [3.63, 3.8) is 0 Å². The van der Waals surface area contributed by atoms with Crippen LogP contribution in [-0.2, 0) is 7.05 Å². The fourth-order valence-electron chi connectivity index (χ4n) is 1.61. The van der Waals surface area contributed by atoms with Crippen LogP contribution in [0.3, 0.4) is 0 Å². The molecule has 1 aromatic carbocycles. The number of halogens is 2. The predicted molar refractivity (Wildman–Crippen MR) is 62.8 cm³/mol. The molecule has 0 unspecified atom stereocenters. The second-order valence-electron chi connectivity index (χ2n) is 4.02. The van der Waals surface area contributed by atoms with E-state index in [9.17, 15) is 18.4 Å². The van der Waals surface area contributed by atoms with Crippen LogP contribution in [0.5, 0.6) is 0 Å². The van der Waals surface area contributed by atoms with E-state index in [1.807, 2.05) is 0 Å². The molecule has 0 atom stereocenters. The van der Waals surface area contributed by atoms with Gasteiger partial charge in [-0.25, -0.2) is 8.78 Å². The largest absolute Gasteiger partial charge is 0.294 e. The van der Waals surface area contributed by atoms with Crippen LogP contribution in [0.2, 0.25) is 0 Å². The van der Waals surface area contributed by atoms with Crippen LogP contribution in [-0.4, -0.2) is 21.3 Å². The molecule has 1 heterocycles. The summed E-state index contributed by atoms with van der Waals surface area (Å²) in [6.07, 6.45) is 1.07. The van der Waals surface area contributed by atoms with Crippen LogP contribution in [0.4, 0.5) is 8.78 Å². The van der Waals surface area contributed by atoms with Gasteiger partial charge in [-0.2, -0.15) is 5.10 Å². The van der Waals surface area contributed by atoms with E-state index in [4.69, 9.17) is 0 Å². The predicted octanol–water partition coefficient (Wildman–Crippen LogP) is 2.15. The van der Waals surface area contributed by atoms with E-state index in [0.717, 1.165) is 12.1 Å². The van der Waals surface area contributed by atoms with Crippen LogP contribution in [0.15, 0.2) is 30.5 Å². The molecule has 2 aromatic rings. The molecule has 0 fully saturated rings. The fourth-order valence-corrected chi connectivity index (χ4v) is 1.61. The van der Waals surface area contributed by atoms with Gasteiger partial charge in [-0.1, -0.05) is 0 Å². The number of ketones is 2. The van der Waals surface area contributed by atoms with E-state index in [1.54, 1.807) is 13.2 Å². The van der Waals surface area contributed by atoms with E-state index < -0.39 is 29.6 Å². The summed E-state index contributed by atoms with van der Waals surface area (Å²) in [6, 6.07) is 4.08. The average molecular weight is 264 g/mol. The molecule has 0 radical (unpaired) electrons. The number of rotatable bonds is 4. The smallest absolute Gasteiger partial charge is 0.190 e. The van der Waals surface area contributed by atoms with Crippen LogP contribution in [0, 0.1) is 11.6 Å². The molecule has 0 saturated carbocycles. The molecule has 4 nitrogen and oxygen atoms in total. The van der Waals surface area contributed by atoms with Gasteiger partial charge in [0.05, 0.1) is 12.0 Å². The Bertz CT molecular complexity index is 650. The van der Waals surface area contributed by atoms with Crippen molar-refractivity contribution >= 4 is 11.6 Å². The first-order valence-corrected chi connectivity index (χ1v) is 5.48. The zero-order chi connectivity index (χ0) is 14.0. The van der Waals surface area contributed by atoms with Crippen LogP contribution in [0.1, 0.15) is 27.3 Å². The number of hydrogen-bond acceptors (Lipinski definition) is 3. The minimum Gasteiger partial charge on any atom is -0.294 e. The van der Waals surface area contributed by atoms with Gasteiger partial charge < -0.3 is 0 Å². The molecule has 0 N–H and O–H groups in total. The number of benzene rings is 1. The maximum absolute atomic E-state index is 13.4. The number of aryl methyl sites for hydroxylation is 1. The maximum atomic E-state index is 13.4. The monoisotopic (exact) mass is 264 g/mol. The minimum atomic E-state index is -0.973. The van der Waals surface area contributed by atoms with E-state index in [0.29, 0.717) is 6.07 Å². The van der Waals surface area contributed by atoms with Gasteiger partial charge in [0.1, 0.15) is 17.3 Å². The first-order valence-electron chi connectivity index (χ1n) is 5.48. The third-order valence-electron chi connectivity index (χ3n) is 2.55. The van der Waals surface area contributed by atoms with Gasteiger partial charge in [-0.05, 0) is 18.2 Å². The zero-order valence-electron chi connectivity index (χ0n) is 10.1. The molecule has 98 valence electrons. The van der Waals surface area contributed by atoms with Crippen molar-refractivity contribution < 1.29 is 18.4 Å². The quantitative estimate of drug-likeness (QED) is 0.628. The molecule has 2 rings (SSSR count). The Kier molecular flexibility index (Phi) is 3.50. The lowest BCUT2D eigenvalue weighted by Crippen LogP contribution is -2.11. The third-order valence-corrected chi connectivity index (χ3v) is 2.55. The lowest BCUT2D eigenvalue weighted by molar-refractivity contribution is 0.0889. The Labute approximate surface area is 107 Å². The van der Waals surface area contributed by atoms with Crippen LogP contribution >= 0.6 is 0 Å². The molecule has 0 amide bonds. The molecule has 6 heteroatoms. The van der Waals surface area contributed by atoms with E-state index in [2.05, 4.69) is 5.10 Å². The number of hydrogen-bond donors (Lipinski definition) is 0. The summed E-state index contributed by atoms with van der Waals surface area (Å²) in [5.41, 5.74) is -0.163. The highest BCUT2D eigenvalue weighted by molar-refractivity contribution is 6.12. The van der Waals surface area contributed by atoms with Gasteiger partial charge in [0.2, 0.25) is 0 Å². The first-order chi connectivity index (χ1) is 8.97. The Morgan fingerprint density at radius 3 is 2.53 bits per heavy atom. The summed E-state index contributed by atoms with van der Waals surface area (Å²) in [5.74, 6) is -2.95. The summed E-state index contributed by atoms with van der Waals surface area (Å²) < 4.78 is 27.5. The highest BCUT2D eigenvalue weighted by Gasteiger charge is 2.18. The summed E-state index contributed by atoms with van der Waals surface area (Å²) >= 11 is 0. The number of carbonyl (C=O) groups excluding carboxylic acids is 2. The van der Waals surface area contributed by atoms with E-state index in [1.165, 1.54) is 10.7 Å². The molecule has 0 aliphatic carbocycles. The number of carbonyl (C=O) groups is 2. The van der Waals surface area contributed by atoms with Crippen LogP contribution < -0.4 is 0 Å². The normalized spacial score (nSPS) is 10.5. The molecule has 0 bridgehead atoms. The van der Waals surface area contributed by atoms with Crippen molar-refractivity contribution in [2.75, 3.05) is 0 Å². The lowest BCUT2D eigenvalue weighted by Gasteiger charge is -2.01. The topological polar surface area (TPSA) is 52.0 Å². The van der Waals surface area contributed by atoms with Gasteiger partial charge in [0, 0.05) is 19.3 Å². The van der Waals surface area contributed by atoms with Crippen molar-refractivity contribution in [1.82, 2.24) is 9.78 Å². The standard InChI is InChI=1S/C13H10F2N2O2/c1-17-5-4-11(16-17)13(19)7-12(18)9-3-2-8(14)6-10(9)15/h2-6H,7H2,1H3. The first kappa shape index (κ1) is 13.1. The van der Waals surface area contributed by atoms with Gasteiger partial charge in [-0.15, -0.1) is 0 Å². The fraction of sp³-hybridized carbons (Fsp3) is 0.154. The molecule has 0 saturated heterocycles. The third kappa shape index (κ3) is 2.90. The lowest BCUT2D eigenvalue weighted by atomic mass is 10.0. The minimum absolute atomic E-state index is 0.137. The Hall–Kier alpha value is -2.37. The summed E-state index contributed by atoms with van der Waals surface area (Å²) in [5, 5.41) is 3.86. The Balaban J connectivity index is 2.15. The van der Waals surface area contributed by atoms with Gasteiger partial charge in [0.15, 0.2) is 11.6 Å². The number of aromatic nitrogens is 2. The van der Waals surface area contributed by atoms with Crippen molar-refractivity contribution in [3.8, 4) is 0 Å². The molecule has 0 aliphatic heterocycles. The second kappa shape index (κ2) is 5.09. The van der Waals surface area contributed by atoms with Crippen molar-refractivity contribution in [3.05, 3.63) is 53.4 Å². The van der Waals surface area contributed by atoms with Crippen LogP contribution in [0.25, 0.3) is 0 Å². The molecular weight excluding hydrogens is 254 g/mol. The van der Waals surface area contributed by atoms with Crippen molar-refractivity contribution in [2.45, 2.75) is 6.42 Å². The number of Topliss-reactive ketones (excluding diaryl/α,β-unsaturated/α-hetero) is 2. The van der Waals surface area contributed by atoms with Crippen molar-refractivity contribution in [2.24, 2.45) is 7.05 Å². The molecule has 0 aliphatic rings. The van der Waals surface area contributed by atoms with Gasteiger partial charge in [-0.3, -0.25) is 14.3 Å². The highest BCUT2D eigenvalue weighted by atomic mass is 19.1. The molecule has 19 heavy (non-hydrogen) atoms. The van der Waals surface area contributed by atoms with Crippen molar-refractivity contribution in [1.29, 1.82) is 0 Å². The maximum Gasteiger partial charge on any atom is 0.190 e. The van der Waals surface area contributed by atoms with Gasteiger partial charge >= 0.3 is 0 Å². The summed E-state index contributed by atoms with van der Waals surface area (Å²) in [4.78, 5) is 23.5.